The Morgan fingerprint density at radius 1 is 1.07 bits per heavy atom. The van der Waals surface area contributed by atoms with Crippen molar-refractivity contribution >= 4 is 38.7 Å². The van der Waals surface area contributed by atoms with Crippen LogP contribution in [0.25, 0.3) is 0 Å². The molecule has 2 aromatic carbocycles. The molecule has 1 N–H and O–H groups in total. The molecule has 2 heterocycles. The van der Waals surface area contributed by atoms with Crippen molar-refractivity contribution in [1.29, 1.82) is 0 Å². The van der Waals surface area contributed by atoms with Crippen LogP contribution in [0.15, 0.2) is 77.2 Å². The molecular formula is C21H19N3O3S2. The molecule has 0 aliphatic carbocycles. The van der Waals surface area contributed by atoms with Gasteiger partial charge in [0.25, 0.3) is 5.91 Å². The summed E-state index contributed by atoms with van der Waals surface area (Å²) >= 11 is 1.60. The van der Waals surface area contributed by atoms with Gasteiger partial charge in [-0.2, -0.15) is 5.10 Å². The molecule has 1 atom stereocenters. The standard InChI is InChI=1S/C21H19N3O3S2/c1-29(26,27)23-17-11-9-15(10-12-17)18-14-19(20-8-5-13-28-20)24(22-18)21(25)16-6-3-2-4-7-16/h2-13,19,23H,14H2,1H3/t19-/m0/s1. The van der Waals surface area contributed by atoms with Crippen LogP contribution in [-0.4, -0.2) is 31.3 Å². The number of benzene rings is 2. The molecule has 0 unspecified atom stereocenters. The highest BCUT2D eigenvalue weighted by molar-refractivity contribution is 7.92. The molecule has 0 saturated carbocycles. The highest BCUT2D eigenvalue weighted by Gasteiger charge is 2.34. The molecule has 0 spiro atoms. The topological polar surface area (TPSA) is 78.8 Å². The first-order valence-electron chi connectivity index (χ1n) is 8.98. The maximum atomic E-state index is 13.1. The van der Waals surface area contributed by atoms with Crippen LogP contribution in [-0.2, 0) is 10.0 Å². The molecule has 29 heavy (non-hydrogen) atoms. The second-order valence-corrected chi connectivity index (χ2v) is 9.48. The molecule has 4 rings (SSSR count). The number of hydrazone groups is 1. The lowest BCUT2D eigenvalue weighted by Crippen LogP contribution is -2.26. The Morgan fingerprint density at radius 3 is 2.41 bits per heavy atom. The zero-order valence-electron chi connectivity index (χ0n) is 15.6. The molecule has 0 radical (unpaired) electrons. The number of nitrogens with one attached hydrogen (secondary N) is 1. The molecule has 1 aliphatic rings. The average molecular weight is 426 g/mol. The minimum absolute atomic E-state index is 0.144. The molecule has 1 aromatic heterocycles. The maximum Gasteiger partial charge on any atom is 0.274 e. The summed E-state index contributed by atoms with van der Waals surface area (Å²) in [7, 11) is -3.33. The first kappa shape index (κ1) is 19.4. The third kappa shape index (κ3) is 4.38. The molecule has 0 bridgehead atoms. The predicted octanol–water partition coefficient (Wildman–Crippen LogP) is 4.11. The van der Waals surface area contributed by atoms with Gasteiger partial charge in [0.2, 0.25) is 10.0 Å². The SMILES string of the molecule is CS(=O)(=O)Nc1ccc(C2=NN(C(=O)c3ccccc3)[C@H](c3cccs3)C2)cc1. The van der Waals surface area contributed by atoms with Crippen LogP contribution in [0.3, 0.4) is 0 Å². The number of carbonyl (C=O) groups excluding carboxylic acids is 1. The second kappa shape index (κ2) is 7.81. The predicted molar refractivity (Wildman–Crippen MR) is 116 cm³/mol. The van der Waals surface area contributed by atoms with Gasteiger partial charge in [-0.05, 0) is 41.3 Å². The van der Waals surface area contributed by atoms with Crippen molar-refractivity contribution in [3.63, 3.8) is 0 Å². The van der Waals surface area contributed by atoms with E-state index >= 15 is 0 Å². The smallest absolute Gasteiger partial charge is 0.274 e. The molecule has 8 heteroatoms. The van der Waals surface area contributed by atoms with Gasteiger partial charge in [0.1, 0.15) is 0 Å². The van der Waals surface area contributed by atoms with Crippen LogP contribution < -0.4 is 4.72 Å². The molecule has 1 aliphatic heterocycles. The van der Waals surface area contributed by atoms with Crippen LogP contribution in [0.1, 0.15) is 33.3 Å². The van der Waals surface area contributed by atoms with Crippen molar-refractivity contribution in [1.82, 2.24) is 5.01 Å². The monoisotopic (exact) mass is 425 g/mol. The van der Waals surface area contributed by atoms with Crippen molar-refractivity contribution in [3.05, 3.63) is 88.1 Å². The minimum atomic E-state index is -3.33. The van der Waals surface area contributed by atoms with Crippen molar-refractivity contribution in [2.45, 2.75) is 12.5 Å². The number of carbonyl (C=O) groups is 1. The van der Waals surface area contributed by atoms with E-state index in [1.54, 1.807) is 40.6 Å². The Morgan fingerprint density at radius 2 is 1.79 bits per heavy atom. The van der Waals surface area contributed by atoms with Crippen LogP contribution in [0.5, 0.6) is 0 Å². The molecular weight excluding hydrogens is 406 g/mol. The van der Waals surface area contributed by atoms with Crippen LogP contribution >= 0.6 is 11.3 Å². The Kier molecular flexibility index (Phi) is 5.21. The zero-order valence-corrected chi connectivity index (χ0v) is 17.3. The summed E-state index contributed by atoms with van der Waals surface area (Å²) in [5, 5.41) is 8.19. The van der Waals surface area contributed by atoms with Crippen molar-refractivity contribution < 1.29 is 13.2 Å². The fourth-order valence-electron chi connectivity index (χ4n) is 3.23. The van der Waals surface area contributed by atoms with E-state index in [0.717, 1.165) is 22.4 Å². The summed E-state index contributed by atoms with van der Waals surface area (Å²) in [6.07, 6.45) is 1.71. The number of amides is 1. The molecule has 6 nitrogen and oxygen atoms in total. The number of nitrogens with zero attached hydrogens (tertiary/aromatic N) is 2. The lowest BCUT2D eigenvalue weighted by atomic mass is 10.0. The Labute approximate surface area is 173 Å². The van der Waals surface area contributed by atoms with E-state index in [-0.39, 0.29) is 11.9 Å². The fraction of sp³-hybridized carbons (Fsp3) is 0.143. The fourth-order valence-corrected chi connectivity index (χ4v) is 4.61. The molecule has 1 amide bonds. The van der Waals surface area contributed by atoms with E-state index in [0.29, 0.717) is 17.7 Å². The molecule has 3 aromatic rings. The van der Waals surface area contributed by atoms with E-state index in [2.05, 4.69) is 9.82 Å². The van der Waals surface area contributed by atoms with Crippen molar-refractivity contribution in [3.8, 4) is 0 Å². The zero-order chi connectivity index (χ0) is 20.4. The summed E-state index contributed by atoms with van der Waals surface area (Å²) < 4.78 is 25.2. The van der Waals surface area contributed by atoms with Gasteiger partial charge in [0, 0.05) is 22.5 Å². The minimum Gasteiger partial charge on any atom is -0.284 e. The Hall–Kier alpha value is -2.97. The van der Waals surface area contributed by atoms with E-state index < -0.39 is 10.0 Å². The third-order valence-electron chi connectivity index (χ3n) is 4.53. The van der Waals surface area contributed by atoms with E-state index in [9.17, 15) is 13.2 Å². The first-order chi connectivity index (χ1) is 13.9. The van der Waals surface area contributed by atoms with Gasteiger partial charge in [-0.15, -0.1) is 11.3 Å². The number of sulfonamides is 1. The highest BCUT2D eigenvalue weighted by atomic mass is 32.2. The van der Waals surface area contributed by atoms with Gasteiger partial charge in [-0.1, -0.05) is 36.4 Å². The Bertz CT molecular complexity index is 1140. The number of thiophene rings is 1. The average Bonchev–Trinajstić information content (AvgIpc) is 3.37. The van der Waals surface area contributed by atoms with Gasteiger partial charge in [0.15, 0.2) is 0 Å². The van der Waals surface area contributed by atoms with E-state index in [4.69, 9.17) is 0 Å². The highest BCUT2D eigenvalue weighted by Crippen LogP contribution is 2.36. The van der Waals surface area contributed by atoms with Crippen LogP contribution in [0.2, 0.25) is 0 Å². The first-order valence-corrected chi connectivity index (χ1v) is 11.8. The number of hydrogen-bond donors (Lipinski definition) is 1. The Balaban J connectivity index is 1.65. The van der Waals surface area contributed by atoms with Crippen molar-refractivity contribution in [2.75, 3.05) is 11.0 Å². The molecule has 0 saturated heterocycles. The van der Waals surface area contributed by atoms with E-state index in [1.165, 1.54) is 0 Å². The van der Waals surface area contributed by atoms with Gasteiger partial charge in [-0.3, -0.25) is 9.52 Å². The van der Waals surface area contributed by atoms with Crippen LogP contribution in [0.4, 0.5) is 5.69 Å². The summed E-state index contributed by atoms with van der Waals surface area (Å²) in [6.45, 7) is 0. The second-order valence-electron chi connectivity index (χ2n) is 6.75. The lowest BCUT2D eigenvalue weighted by molar-refractivity contribution is 0.0714. The van der Waals surface area contributed by atoms with Gasteiger partial charge < -0.3 is 0 Å². The largest absolute Gasteiger partial charge is 0.284 e. The normalized spacial score (nSPS) is 16.5. The summed E-state index contributed by atoms with van der Waals surface area (Å²) in [5.41, 5.74) is 2.72. The quantitative estimate of drug-likeness (QED) is 0.668. The number of hydrogen-bond acceptors (Lipinski definition) is 5. The molecule has 0 fully saturated rings. The number of rotatable bonds is 5. The van der Waals surface area contributed by atoms with Gasteiger partial charge in [-0.25, -0.2) is 13.4 Å². The molecule has 148 valence electrons. The van der Waals surface area contributed by atoms with Crippen molar-refractivity contribution in [2.24, 2.45) is 5.10 Å². The van der Waals surface area contributed by atoms with Crippen LogP contribution in [0, 0.1) is 0 Å². The summed E-state index contributed by atoms with van der Waals surface area (Å²) in [5.74, 6) is -0.144. The van der Waals surface area contributed by atoms with E-state index in [1.807, 2.05) is 47.8 Å². The summed E-state index contributed by atoms with van der Waals surface area (Å²) in [4.78, 5) is 14.2. The third-order valence-corrected chi connectivity index (χ3v) is 6.11. The lowest BCUT2D eigenvalue weighted by Gasteiger charge is -2.20. The van der Waals surface area contributed by atoms with Gasteiger partial charge >= 0.3 is 0 Å². The van der Waals surface area contributed by atoms with Gasteiger partial charge in [0.05, 0.1) is 18.0 Å². The number of anilines is 1. The maximum absolute atomic E-state index is 13.1. The summed E-state index contributed by atoms with van der Waals surface area (Å²) in [6, 6.07) is 19.9.